The van der Waals surface area contributed by atoms with Crippen LogP contribution in [0, 0.1) is 10.1 Å². The quantitative estimate of drug-likeness (QED) is 0.0828. The lowest BCUT2D eigenvalue weighted by atomic mass is 10.1. The number of hydrogen-bond donors (Lipinski definition) is 1. The second kappa shape index (κ2) is 16.7. The standard InChI is InChI=1S/C29H43N5O5S/c1-5-8-9-10-11-12-13-14-15-16-29(35)30-27-21-23(33(6-2)7-3)17-19-25(27)31-32-26-20-18-24(34(36)37)22-28(26)40(4,38)39/h17-22H,5-16H2,1-4H3,(H,30,35). The highest BCUT2D eigenvalue weighted by Crippen LogP contribution is 2.34. The molecule has 0 radical (unpaired) electrons. The molecular formula is C29H43N5O5S. The summed E-state index contributed by atoms with van der Waals surface area (Å²) in [5.41, 5.74) is 1.36. The molecule has 0 aliphatic carbocycles. The Morgan fingerprint density at radius 1 is 0.875 bits per heavy atom. The molecule has 0 heterocycles. The third kappa shape index (κ3) is 10.7. The van der Waals surface area contributed by atoms with Crippen molar-refractivity contribution in [3.8, 4) is 0 Å². The predicted molar refractivity (Wildman–Crippen MR) is 161 cm³/mol. The first-order valence-electron chi connectivity index (χ1n) is 14.2. The van der Waals surface area contributed by atoms with Crippen LogP contribution < -0.4 is 10.2 Å². The first-order valence-corrected chi connectivity index (χ1v) is 16.1. The maximum absolute atomic E-state index is 12.8. The topological polar surface area (TPSA) is 134 Å². The van der Waals surface area contributed by atoms with Crippen molar-refractivity contribution in [2.24, 2.45) is 10.2 Å². The molecule has 0 spiro atoms. The molecule has 40 heavy (non-hydrogen) atoms. The van der Waals surface area contributed by atoms with E-state index in [0.29, 0.717) is 17.8 Å². The van der Waals surface area contributed by atoms with E-state index in [1.54, 1.807) is 6.07 Å². The number of sulfone groups is 1. The van der Waals surface area contributed by atoms with Crippen LogP contribution in [0.25, 0.3) is 0 Å². The van der Waals surface area contributed by atoms with Gasteiger partial charge in [-0.1, -0.05) is 58.3 Å². The van der Waals surface area contributed by atoms with Gasteiger partial charge in [0.15, 0.2) is 9.84 Å². The van der Waals surface area contributed by atoms with E-state index in [1.165, 1.54) is 50.7 Å². The highest BCUT2D eigenvalue weighted by molar-refractivity contribution is 7.90. The van der Waals surface area contributed by atoms with Gasteiger partial charge in [-0.3, -0.25) is 14.9 Å². The molecule has 220 valence electrons. The van der Waals surface area contributed by atoms with Crippen LogP contribution in [-0.4, -0.2) is 38.6 Å². The minimum atomic E-state index is -3.81. The molecule has 0 aromatic heterocycles. The van der Waals surface area contributed by atoms with Gasteiger partial charge in [-0.25, -0.2) is 8.42 Å². The summed E-state index contributed by atoms with van der Waals surface area (Å²) in [6.07, 6.45) is 11.8. The average Bonchev–Trinajstić information content (AvgIpc) is 2.91. The van der Waals surface area contributed by atoms with Crippen molar-refractivity contribution in [3.05, 3.63) is 46.5 Å². The number of anilines is 2. The molecular weight excluding hydrogens is 530 g/mol. The third-order valence-electron chi connectivity index (χ3n) is 6.71. The van der Waals surface area contributed by atoms with Crippen molar-refractivity contribution in [3.63, 3.8) is 0 Å². The van der Waals surface area contributed by atoms with E-state index in [4.69, 9.17) is 0 Å². The Morgan fingerprint density at radius 2 is 1.45 bits per heavy atom. The van der Waals surface area contributed by atoms with Crippen LogP contribution in [0.1, 0.15) is 85.0 Å². The number of unbranched alkanes of at least 4 members (excludes halogenated alkanes) is 8. The number of azo groups is 1. The van der Waals surface area contributed by atoms with Crippen LogP contribution in [0.15, 0.2) is 51.5 Å². The van der Waals surface area contributed by atoms with Crippen molar-refractivity contribution in [2.75, 3.05) is 29.6 Å². The van der Waals surface area contributed by atoms with E-state index < -0.39 is 14.8 Å². The molecule has 1 amide bonds. The van der Waals surface area contributed by atoms with E-state index >= 15 is 0 Å². The van der Waals surface area contributed by atoms with Gasteiger partial charge >= 0.3 is 0 Å². The lowest BCUT2D eigenvalue weighted by Gasteiger charge is -2.22. The second-order valence-electron chi connectivity index (χ2n) is 9.88. The van der Waals surface area contributed by atoms with Crippen LogP contribution in [0.2, 0.25) is 0 Å². The SMILES string of the molecule is CCCCCCCCCCCC(=O)Nc1cc(N(CC)CC)ccc1N=Nc1ccc([N+](=O)[O-])cc1S(C)(=O)=O. The Balaban J connectivity index is 2.19. The maximum Gasteiger partial charge on any atom is 0.270 e. The van der Waals surface area contributed by atoms with Gasteiger partial charge in [-0.15, -0.1) is 10.2 Å². The number of nitro groups is 1. The van der Waals surface area contributed by atoms with Crippen molar-refractivity contribution in [1.29, 1.82) is 0 Å². The predicted octanol–water partition coefficient (Wildman–Crippen LogP) is 8.12. The van der Waals surface area contributed by atoms with Crippen LogP contribution in [-0.2, 0) is 14.6 Å². The fraction of sp³-hybridized carbons (Fsp3) is 0.552. The summed E-state index contributed by atoms with van der Waals surface area (Å²) in [7, 11) is -3.81. The molecule has 0 unspecified atom stereocenters. The van der Waals surface area contributed by atoms with E-state index in [9.17, 15) is 23.3 Å². The van der Waals surface area contributed by atoms with Crippen molar-refractivity contribution < 1.29 is 18.1 Å². The Labute approximate surface area is 238 Å². The lowest BCUT2D eigenvalue weighted by molar-refractivity contribution is -0.385. The maximum atomic E-state index is 12.8. The normalized spacial score (nSPS) is 11.6. The lowest BCUT2D eigenvalue weighted by Crippen LogP contribution is -2.22. The number of carbonyl (C=O) groups is 1. The number of hydrogen-bond acceptors (Lipinski definition) is 8. The highest BCUT2D eigenvalue weighted by atomic mass is 32.2. The molecule has 0 fully saturated rings. The number of nitrogens with one attached hydrogen (secondary N) is 1. The first kappa shape index (κ1) is 32.9. The summed E-state index contributed by atoms with van der Waals surface area (Å²) >= 11 is 0. The average molecular weight is 574 g/mol. The van der Waals surface area contributed by atoms with Gasteiger partial charge in [-0.2, -0.15) is 0 Å². The summed E-state index contributed by atoms with van der Waals surface area (Å²) in [5, 5.41) is 22.4. The van der Waals surface area contributed by atoms with E-state index in [-0.39, 0.29) is 22.2 Å². The Bertz CT molecular complexity index is 1260. The summed E-state index contributed by atoms with van der Waals surface area (Å²) in [4.78, 5) is 25.1. The van der Waals surface area contributed by atoms with Crippen LogP contribution >= 0.6 is 0 Å². The summed E-state index contributed by atoms with van der Waals surface area (Å²) in [6, 6.07) is 8.83. The van der Waals surface area contributed by atoms with Crippen molar-refractivity contribution >= 4 is 44.2 Å². The molecule has 2 aromatic rings. The number of carbonyl (C=O) groups excluding carboxylic acids is 1. The number of non-ortho nitro benzene ring substituents is 1. The summed E-state index contributed by atoms with van der Waals surface area (Å²) in [5.74, 6) is -0.122. The van der Waals surface area contributed by atoms with Crippen LogP contribution in [0.4, 0.5) is 28.4 Å². The smallest absolute Gasteiger partial charge is 0.270 e. The van der Waals surface area contributed by atoms with Gasteiger partial charge in [0.1, 0.15) is 16.3 Å². The van der Waals surface area contributed by atoms with Crippen molar-refractivity contribution in [2.45, 2.75) is 89.9 Å². The van der Waals surface area contributed by atoms with Gasteiger partial charge in [0.25, 0.3) is 5.69 Å². The van der Waals surface area contributed by atoms with Crippen molar-refractivity contribution in [1.82, 2.24) is 0 Å². The number of rotatable bonds is 18. The zero-order chi connectivity index (χ0) is 29.5. The van der Waals surface area contributed by atoms with Gasteiger partial charge < -0.3 is 10.2 Å². The molecule has 0 aliphatic heterocycles. The first-order chi connectivity index (χ1) is 19.1. The molecule has 10 nitrogen and oxygen atoms in total. The van der Waals surface area contributed by atoms with Gasteiger partial charge in [-0.05, 0) is 44.5 Å². The van der Waals surface area contributed by atoms with Crippen LogP contribution in [0.3, 0.4) is 0 Å². The molecule has 2 aromatic carbocycles. The second-order valence-corrected chi connectivity index (χ2v) is 11.9. The zero-order valence-corrected chi connectivity index (χ0v) is 25.0. The summed E-state index contributed by atoms with van der Waals surface area (Å²) < 4.78 is 24.6. The number of nitro benzene ring substituents is 1. The van der Waals surface area contributed by atoms with Gasteiger partial charge in [0.05, 0.1) is 10.6 Å². The Hall–Kier alpha value is -3.34. The van der Waals surface area contributed by atoms with Crippen LogP contribution in [0.5, 0.6) is 0 Å². The number of nitrogens with zero attached hydrogens (tertiary/aromatic N) is 4. The fourth-order valence-corrected chi connectivity index (χ4v) is 5.23. The summed E-state index contributed by atoms with van der Waals surface area (Å²) in [6.45, 7) is 7.86. The molecule has 0 saturated carbocycles. The number of benzene rings is 2. The minimum absolute atomic E-state index is 0.0205. The molecule has 0 bridgehead atoms. The Kier molecular flexibility index (Phi) is 13.7. The van der Waals surface area contributed by atoms with E-state index in [1.807, 2.05) is 26.0 Å². The Morgan fingerprint density at radius 3 is 2.02 bits per heavy atom. The molecule has 0 saturated heterocycles. The minimum Gasteiger partial charge on any atom is -0.372 e. The fourth-order valence-electron chi connectivity index (χ4n) is 4.41. The van der Waals surface area contributed by atoms with E-state index in [2.05, 4.69) is 27.4 Å². The van der Waals surface area contributed by atoms with Gasteiger partial charge in [0.2, 0.25) is 5.91 Å². The molecule has 0 aliphatic rings. The molecule has 2 rings (SSSR count). The highest BCUT2D eigenvalue weighted by Gasteiger charge is 2.19. The third-order valence-corrected chi connectivity index (χ3v) is 7.84. The van der Waals surface area contributed by atoms with Gasteiger partial charge in [0, 0.05) is 43.6 Å². The number of amides is 1. The molecule has 11 heteroatoms. The molecule has 0 atom stereocenters. The monoisotopic (exact) mass is 573 g/mol. The largest absolute Gasteiger partial charge is 0.372 e. The zero-order valence-electron chi connectivity index (χ0n) is 24.2. The molecule has 1 N–H and O–H groups in total. The van der Waals surface area contributed by atoms with E-state index in [0.717, 1.165) is 50.4 Å².